The van der Waals surface area contributed by atoms with Crippen LogP contribution in [0.15, 0.2) is 16.7 Å². The fourth-order valence-corrected chi connectivity index (χ4v) is 2.21. The van der Waals surface area contributed by atoms with Crippen molar-refractivity contribution in [3.8, 4) is 0 Å². The summed E-state index contributed by atoms with van der Waals surface area (Å²) in [6.45, 7) is 4.23. The van der Waals surface area contributed by atoms with Gasteiger partial charge in [-0.1, -0.05) is 13.0 Å². The van der Waals surface area contributed by atoms with Gasteiger partial charge in [-0.2, -0.15) is 5.10 Å². The predicted octanol–water partition coefficient (Wildman–Crippen LogP) is 3.21. The molecule has 0 bridgehead atoms. The van der Waals surface area contributed by atoms with Crippen LogP contribution >= 0.6 is 15.9 Å². The van der Waals surface area contributed by atoms with Crippen LogP contribution in [-0.2, 0) is 6.54 Å². The highest BCUT2D eigenvalue weighted by Crippen LogP contribution is 2.19. The van der Waals surface area contributed by atoms with Crippen molar-refractivity contribution < 1.29 is 0 Å². The van der Waals surface area contributed by atoms with E-state index in [2.05, 4.69) is 50.1 Å². The second kappa shape index (κ2) is 6.36. The molecule has 1 aliphatic rings. The number of aromatic nitrogens is 2. The molecule has 1 heterocycles. The Morgan fingerprint density at radius 3 is 3.12 bits per heavy atom. The van der Waals surface area contributed by atoms with Gasteiger partial charge in [-0.15, -0.1) is 0 Å². The molecule has 3 nitrogen and oxygen atoms in total. The van der Waals surface area contributed by atoms with E-state index in [4.69, 9.17) is 0 Å². The van der Waals surface area contributed by atoms with Gasteiger partial charge < -0.3 is 5.32 Å². The van der Waals surface area contributed by atoms with Gasteiger partial charge in [0.05, 0.1) is 16.4 Å². The molecule has 0 spiro atoms. The van der Waals surface area contributed by atoms with E-state index in [1.165, 1.54) is 18.5 Å². The van der Waals surface area contributed by atoms with Crippen molar-refractivity contribution >= 4 is 22.0 Å². The van der Waals surface area contributed by atoms with Gasteiger partial charge in [0.2, 0.25) is 0 Å². The van der Waals surface area contributed by atoms with Crippen LogP contribution in [0.4, 0.5) is 0 Å². The third-order valence-corrected chi connectivity index (χ3v) is 3.48. The number of halogens is 1. The zero-order valence-corrected chi connectivity index (χ0v) is 11.9. The lowest BCUT2D eigenvalue weighted by molar-refractivity contribution is 0.597. The first-order chi connectivity index (χ1) is 8.31. The van der Waals surface area contributed by atoms with Gasteiger partial charge in [0.25, 0.3) is 0 Å². The molecule has 17 heavy (non-hydrogen) atoms. The third-order valence-electron chi connectivity index (χ3n) is 2.87. The van der Waals surface area contributed by atoms with Gasteiger partial charge >= 0.3 is 0 Å². The largest absolute Gasteiger partial charge is 0.314 e. The SMILES string of the molecule is CCCn1ncc(Br)c1/C=C/CCNC1CC1. The van der Waals surface area contributed by atoms with Crippen LogP contribution in [0.5, 0.6) is 0 Å². The Labute approximate surface area is 111 Å². The molecule has 0 amide bonds. The topological polar surface area (TPSA) is 29.9 Å². The number of aryl methyl sites for hydroxylation is 1. The van der Waals surface area contributed by atoms with E-state index in [0.717, 1.165) is 36.4 Å². The van der Waals surface area contributed by atoms with E-state index in [9.17, 15) is 0 Å². The first kappa shape index (κ1) is 12.8. The summed E-state index contributed by atoms with van der Waals surface area (Å²) in [5, 5.41) is 7.85. The van der Waals surface area contributed by atoms with Gasteiger partial charge in [0.15, 0.2) is 0 Å². The fourth-order valence-electron chi connectivity index (χ4n) is 1.78. The maximum absolute atomic E-state index is 4.35. The molecule has 0 aliphatic heterocycles. The molecule has 1 aromatic rings. The van der Waals surface area contributed by atoms with Crippen LogP contribution in [0.3, 0.4) is 0 Å². The van der Waals surface area contributed by atoms with Gasteiger partial charge in [0.1, 0.15) is 0 Å². The fraction of sp³-hybridized carbons (Fsp3) is 0.615. The van der Waals surface area contributed by atoms with E-state index >= 15 is 0 Å². The standard InChI is InChI=1S/C13H20BrN3/c1-2-9-17-13(12(14)10-16-17)5-3-4-8-15-11-6-7-11/h3,5,10-11,15H,2,4,6-9H2,1H3/b5-3+. The molecule has 0 aromatic carbocycles. The summed E-state index contributed by atoms with van der Waals surface area (Å²) in [7, 11) is 0. The Balaban J connectivity index is 1.82. The van der Waals surface area contributed by atoms with E-state index < -0.39 is 0 Å². The van der Waals surface area contributed by atoms with Crippen molar-refractivity contribution in [3.05, 3.63) is 22.4 Å². The maximum Gasteiger partial charge on any atom is 0.0749 e. The molecule has 1 N–H and O–H groups in total. The quantitative estimate of drug-likeness (QED) is 0.783. The van der Waals surface area contributed by atoms with Crippen molar-refractivity contribution in [2.24, 2.45) is 0 Å². The second-order valence-corrected chi connectivity index (χ2v) is 5.37. The van der Waals surface area contributed by atoms with Crippen LogP contribution in [0.1, 0.15) is 38.3 Å². The van der Waals surface area contributed by atoms with Crippen LogP contribution in [0, 0.1) is 0 Å². The lowest BCUT2D eigenvalue weighted by atomic mass is 10.3. The summed E-state index contributed by atoms with van der Waals surface area (Å²) in [5.41, 5.74) is 1.18. The summed E-state index contributed by atoms with van der Waals surface area (Å²) < 4.78 is 3.13. The highest BCUT2D eigenvalue weighted by Gasteiger charge is 2.19. The van der Waals surface area contributed by atoms with Crippen LogP contribution in [0.2, 0.25) is 0 Å². The molecule has 1 saturated carbocycles. The Morgan fingerprint density at radius 1 is 1.59 bits per heavy atom. The first-order valence-electron chi connectivity index (χ1n) is 6.42. The van der Waals surface area contributed by atoms with E-state index in [1.54, 1.807) is 0 Å². The molecule has 1 aromatic heterocycles. The average molecular weight is 298 g/mol. The Kier molecular flexibility index (Phi) is 4.80. The van der Waals surface area contributed by atoms with Gasteiger partial charge in [-0.05, 0) is 54.2 Å². The van der Waals surface area contributed by atoms with Crippen molar-refractivity contribution in [2.75, 3.05) is 6.54 Å². The smallest absolute Gasteiger partial charge is 0.0749 e. The number of nitrogens with one attached hydrogen (secondary N) is 1. The van der Waals surface area contributed by atoms with Crippen molar-refractivity contribution in [1.82, 2.24) is 15.1 Å². The van der Waals surface area contributed by atoms with E-state index in [-0.39, 0.29) is 0 Å². The van der Waals surface area contributed by atoms with Crippen molar-refractivity contribution in [1.29, 1.82) is 0 Å². The predicted molar refractivity (Wildman–Crippen MR) is 74.9 cm³/mol. The summed E-state index contributed by atoms with van der Waals surface area (Å²) >= 11 is 3.54. The molecular formula is C13H20BrN3. The minimum atomic E-state index is 0.806. The van der Waals surface area contributed by atoms with E-state index in [0.29, 0.717) is 0 Å². The molecular weight excluding hydrogens is 278 g/mol. The van der Waals surface area contributed by atoms with Gasteiger partial charge in [-0.3, -0.25) is 4.68 Å². The van der Waals surface area contributed by atoms with Gasteiger partial charge in [0, 0.05) is 12.6 Å². The monoisotopic (exact) mass is 297 g/mol. The zero-order chi connectivity index (χ0) is 12.1. The minimum absolute atomic E-state index is 0.806. The number of nitrogens with zero attached hydrogens (tertiary/aromatic N) is 2. The molecule has 4 heteroatoms. The molecule has 1 fully saturated rings. The van der Waals surface area contributed by atoms with Crippen LogP contribution in [0.25, 0.3) is 6.08 Å². The maximum atomic E-state index is 4.35. The average Bonchev–Trinajstić information content (AvgIpc) is 3.07. The summed E-state index contributed by atoms with van der Waals surface area (Å²) in [6, 6.07) is 0.806. The Bertz CT molecular complexity index is 380. The minimum Gasteiger partial charge on any atom is -0.314 e. The molecule has 94 valence electrons. The Morgan fingerprint density at radius 2 is 2.41 bits per heavy atom. The molecule has 1 aliphatic carbocycles. The van der Waals surface area contributed by atoms with Crippen LogP contribution in [-0.4, -0.2) is 22.4 Å². The number of rotatable bonds is 7. The molecule has 0 radical (unpaired) electrons. The molecule has 0 unspecified atom stereocenters. The van der Waals surface area contributed by atoms with Crippen LogP contribution < -0.4 is 5.32 Å². The lowest BCUT2D eigenvalue weighted by Crippen LogP contribution is -2.16. The molecule has 0 atom stereocenters. The lowest BCUT2D eigenvalue weighted by Gasteiger charge is -2.02. The Hall–Kier alpha value is -0.610. The summed E-state index contributed by atoms with van der Waals surface area (Å²) in [5.74, 6) is 0. The third kappa shape index (κ3) is 3.96. The van der Waals surface area contributed by atoms with Crippen molar-refractivity contribution in [2.45, 2.75) is 45.2 Å². The summed E-state index contributed by atoms with van der Waals surface area (Å²) in [4.78, 5) is 0. The number of hydrogen-bond donors (Lipinski definition) is 1. The van der Waals surface area contributed by atoms with Gasteiger partial charge in [-0.25, -0.2) is 0 Å². The normalized spacial score (nSPS) is 15.9. The molecule has 0 saturated heterocycles. The highest BCUT2D eigenvalue weighted by atomic mass is 79.9. The summed E-state index contributed by atoms with van der Waals surface area (Å²) in [6.07, 6.45) is 11.2. The second-order valence-electron chi connectivity index (χ2n) is 4.52. The first-order valence-corrected chi connectivity index (χ1v) is 7.21. The zero-order valence-electron chi connectivity index (χ0n) is 10.3. The highest BCUT2D eigenvalue weighted by molar-refractivity contribution is 9.10. The van der Waals surface area contributed by atoms with E-state index in [1.807, 2.05) is 6.20 Å². The number of hydrogen-bond acceptors (Lipinski definition) is 2. The molecule has 2 rings (SSSR count). The van der Waals surface area contributed by atoms with Crippen molar-refractivity contribution in [3.63, 3.8) is 0 Å².